The molecule has 2 fully saturated rings. The van der Waals surface area contributed by atoms with Crippen molar-refractivity contribution in [2.75, 3.05) is 51.2 Å². The fourth-order valence-electron chi connectivity index (χ4n) is 5.12. The molecule has 2 unspecified atom stereocenters. The molecule has 1 aromatic heterocycles. The Morgan fingerprint density at radius 3 is 2.48 bits per heavy atom. The van der Waals surface area contributed by atoms with Crippen molar-refractivity contribution in [2.45, 2.75) is 19.4 Å². The predicted molar refractivity (Wildman–Crippen MR) is 127 cm³/mol. The summed E-state index contributed by atoms with van der Waals surface area (Å²) < 4.78 is 6.10. The van der Waals surface area contributed by atoms with Gasteiger partial charge in [-0.15, -0.1) is 0 Å². The van der Waals surface area contributed by atoms with Crippen molar-refractivity contribution in [3.63, 3.8) is 0 Å². The Labute approximate surface area is 185 Å². The monoisotopic (exact) mass is 416 g/mol. The third kappa shape index (κ3) is 4.39. The Balaban J connectivity index is 1.35. The fourth-order valence-corrected chi connectivity index (χ4v) is 5.12. The zero-order valence-corrected chi connectivity index (χ0v) is 18.6. The van der Waals surface area contributed by atoms with Crippen LogP contribution >= 0.6 is 0 Å². The Bertz CT molecular complexity index is 1020. The van der Waals surface area contributed by atoms with Crippen LogP contribution in [0.5, 0.6) is 11.5 Å². The second-order valence-electron chi connectivity index (χ2n) is 9.04. The minimum absolute atomic E-state index is 0.643. The first-order chi connectivity index (χ1) is 15.2. The number of nitrogens with zero attached hydrogens (tertiary/aromatic N) is 4. The molecule has 2 aromatic carbocycles. The minimum Gasteiger partial charge on any atom is -0.457 e. The summed E-state index contributed by atoms with van der Waals surface area (Å²) in [6, 6.07) is 19.0. The lowest BCUT2D eigenvalue weighted by Gasteiger charge is -2.46. The molecule has 5 nitrogen and oxygen atoms in total. The van der Waals surface area contributed by atoms with E-state index in [0.717, 1.165) is 30.1 Å². The molecule has 0 radical (unpaired) electrons. The number of anilines is 1. The van der Waals surface area contributed by atoms with Crippen LogP contribution in [-0.4, -0.2) is 67.1 Å². The van der Waals surface area contributed by atoms with Crippen LogP contribution < -0.4 is 9.64 Å². The van der Waals surface area contributed by atoms with Crippen LogP contribution in [0.3, 0.4) is 0 Å². The molecule has 0 saturated carbocycles. The van der Waals surface area contributed by atoms with E-state index in [1.165, 1.54) is 43.7 Å². The van der Waals surface area contributed by atoms with Gasteiger partial charge in [0, 0.05) is 62.6 Å². The van der Waals surface area contributed by atoms with E-state index in [-0.39, 0.29) is 0 Å². The summed E-state index contributed by atoms with van der Waals surface area (Å²) in [6.07, 6.45) is 3.15. The summed E-state index contributed by atoms with van der Waals surface area (Å²) >= 11 is 0. The molecule has 0 N–H and O–H groups in total. The highest BCUT2D eigenvalue weighted by Gasteiger charge is 2.32. The van der Waals surface area contributed by atoms with Crippen molar-refractivity contribution in [1.29, 1.82) is 0 Å². The van der Waals surface area contributed by atoms with Crippen LogP contribution in [0.1, 0.15) is 13.3 Å². The van der Waals surface area contributed by atoms with Gasteiger partial charge in [-0.25, -0.2) is 0 Å². The van der Waals surface area contributed by atoms with Gasteiger partial charge in [0.25, 0.3) is 0 Å². The van der Waals surface area contributed by atoms with Gasteiger partial charge in [0.15, 0.2) is 0 Å². The standard InChI is InChI=1S/C26H32N4O/c1-20-19-30(13-11-25(20)29-16-14-28(2)15-17-29)26-10-12-27-24-9-8-22(18-23(24)26)31-21-6-4-3-5-7-21/h3-10,12,18,20,25H,11,13-17,19H2,1-2H3. The smallest absolute Gasteiger partial charge is 0.128 e. The molecule has 3 heterocycles. The summed E-state index contributed by atoms with van der Waals surface area (Å²) in [6.45, 7) is 9.36. The second-order valence-corrected chi connectivity index (χ2v) is 9.04. The lowest BCUT2D eigenvalue weighted by molar-refractivity contribution is 0.0738. The van der Waals surface area contributed by atoms with Gasteiger partial charge < -0.3 is 14.5 Å². The van der Waals surface area contributed by atoms with Crippen LogP contribution in [0.25, 0.3) is 10.9 Å². The average molecular weight is 417 g/mol. The van der Waals surface area contributed by atoms with Gasteiger partial charge in [0.2, 0.25) is 0 Å². The minimum atomic E-state index is 0.643. The summed E-state index contributed by atoms with van der Waals surface area (Å²) in [7, 11) is 2.23. The highest BCUT2D eigenvalue weighted by Crippen LogP contribution is 2.34. The number of piperazine rings is 1. The van der Waals surface area contributed by atoms with Gasteiger partial charge in [-0.05, 0) is 55.8 Å². The van der Waals surface area contributed by atoms with Crippen LogP contribution in [0.15, 0.2) is 60.8 Å². The van der Waals surface area contributed by atoms with Gasteiger partial charge >= 0.3 is 0 Å². The lowest BCUT2D eigenvalue weighted by atomic mass is 9.91. The summed E-state index contributed by atoms with van der Waals surface area (Å²) in [4.78, 5) is 12.3. The van der Waals surface area contributed by atoms with Gasteiger partial charge in [0.05, 0.1) is 5.52 Å². The number of rotatable bonds is 4. The van der Waals surface area contributed by atoms with E-state index in [1.54, 1.807) is 0 Å². The third-order valence-corrected chi connectivity index (χ3v) is 6.88. The number of benzene rings is 2. The number of ether oxygens (including phenoxy) is 1. The van der Waals surface area contributed by atoms with Crippen molar-refractivity contribution >= 4 is 16.6 Å². The van der Waals surface area contributed by atoms with Gasteiger partial charge in [0.1, 0.15) is 11.5 Å². The lowest BCUT2D eigenvalue weighted by Crippen LogP contribution is -2.55. The molecule has 3 aromatic rings. The molecule has 5 rings (SSSR count). The molecule has 0 amide bonds. The number of piperidine rings is 1. The highest BCUT2D eigenvalue weighted by molar-refractivity contribution is 5.92. The Morgan fingerprint density at radius 1 is 0.903 bits per heavy atom. The maximum Gasteiger partial charge on any atom is 0.128 e. The molecule has 5 heteroatoms. The van der Waals surface area contributed by atoms with E-state index in [4.69, 9.17) is 4.74 Å². The fraction of sp³-hybridized carbons (Fsp3) is 0.423. The largest absolute Gasteiger partial charge is 0.457 e. The van der Waals surface area contributed by atoms with Crippen LogP contribution in [0.2, 0.25) is 0 Å². The second kappa shape index (κ2) is 8.85. The van der Waals surface area contributed by atoms with E-state index in [0.29, 0.717) is 12.0 Å². The van der Waals surface area contributed by atoms with Crippen LogP contribution in [0, 0.1) is 5.92 Å². The molecule has 31 heavy (non-hydrogen) atoms. The third-order valence-electron chi connectivity index (χ3n) is 6.88. The first-order valence-corrected chi connectivity index (χ1v) is 11.5. The van der Waals surface area contributed by atoms with E-state index < -0.39 is 0 Å². The predicted octanol–water partition coefficient (Wildman–Crippen LogP) is 4.49. The van der Waals surface area contributed by atoms with Gasteiger partial charge in [-0.3, -0.25) is 9.88 Å². The van der Waals surface area contributed by atoms with Crippen molar-refractivity contribution in [3.8, 4) is 11.5 Å². The number of likely N-dealkylation sites (N-methyl/N-ethyl adjacent to an activating group) is 1. The number of pyridine rings is 1. The molecule has 2 atom stereocenters. The summed E-state index contributed by atoms with van der Waals surface area (Å²) in [5.74, 6) is 2.35. The number of hydrogen-bond donors (Lipinski definition) is 0. The maximum atomic E-state index is 6.10. The van der Waals surface area contributed by atoms with E-state index >= 15 is 0 Å². The molecule has 0 aliphatic carbocycles. The molecule has 162 valence electrons. The topological polar surface area (TPSA) is 31.8 Å². The number of aromatic nitrogens is 1. The first kappa shape index (κ1) is 20.3. The van der Waals surface area contributed by atoms with E-state index in [1.807, 2.05) is 42.6 Å². The van der Waals surface area contributed by atoms with Gasteiger partial charge in [-0.1, -0.05) is 25.1 Å². The molecule has 2 aliphatic rings. The summed E-state index contributed by atoms with van der Waals surface area (Å²) in [5.41, 5.74) is 2.29. The Morgan fingerprint density at radius 2 is 1.71 bits per heavy atom. The average Bonchev–Trinajstić information content (AvgIpc) is 2.80. The van der Waals surface area contributed by atoms with Crippen molar-refractivity contribution < 1.29 is 4.74 Å². The molecular formula is C26H32N4O. The van der Waals surface area contributed by atoms with Crippen molar-refractivity contribution in [2.24, 2.45) is 5.92 Å². The first-order valence-electron chi connectivity index (χ1n) is 11.5. The Kier molecular flexibility index (Phi) is 5.79. The van der Waals surface area contributed by atoms with Crippen molar-refractivity contribution in [1.82, 2.24) is 14.8 Å². The zero-order valence-electron chi connectivity index (χ0n) is 18.6. The SMILES string of the molecule is CC1CN(c2ccnc3ccc(Oc4ccccc4)cc23)CCC1N1CCN(C)CC1. The van der Waals surface area contributed by atoms with Crippen LogP contribution in [-0.2, 0) is 0 Å². The number of para-hydroxylation sites is 1. The zero-order chi connectivity index (χ0) is 21.2. The molecule has 2 saturated heterocycles. The normalized spacial score (nSPS) is 23.2. The quantitative estimate of drug-likeness (QED) is 0.626. The van der Waals surface area contributed by atoms with E-state index in [9.17, 15) is 0 Å². The number of fused-ring (bicyclic) bond motifs is 1. The molecule has 0 spiro atoms. The van der Waals surface area contributed by atoms with Gasteiger partial charge in [-0.2, -0.15) is 0 Å². The highest BCUT2D eigenvalue weighted by atomic mass is 16.5. The molecule has 0 bridgehead atoms. The maximum absolute atomic E-state index is 6.10. The van der Waals surface area contributed by atoms with E-state index in [2.05, 4.69) is 51.9 Å². The van der Waals surface area contributed by atoms with Crippen molar-refractivity contribution in [3.05, 3.63) is 60.8 Å². The Hall–Kier alpha value is -2.63. The number of hydrogen-bond acceptors (Lipinski definition) is 5. The molecular weight excluding hydrogens is 384 g/mol. The molecule has 2 aliphatic heterocycles. The summed E-state index contributed by atoms with van der Waals surface area (Å²) in [5, 5.41) is 1.17. The van der Waals surface area contributed by atoms with Crippen LogP contribution in [0.4, 0.5) is 5.69 Å².